The number of anilines is 1. The summed E-state index contributed by atoms with van der Waals surface area (Å²) in [6.07, 6.45) is 1.91. The van der Waals surface area contributed by atoms with E-state index in [1.54, 1.807) is 31.4 Å². The standard InChI is InChI=1S/C32H31N5O3/c1-39-29-18-25(10-14-28(29)40-20-22-7-13-27-24(17-22)15-16-35-27)30(32(38)36-19-21-5-3-2-4-6-21)37-26-11-8-23(9-12-26)31(33)34/h2-18,30,35,37H,19-20H2,1H3,(H3,33,34)(H,36,38). The summed E-state index contributed by atoms with van der Waals surface area (Å²) < 4.78 is 11.8. The van der Waals surface area contributed by atoms with Gasteiger partial charge in [0.05, 0.1) is 7.11 Å². The predicted molar refractivity (Wildman–Crippen MR) is 158 cm³/mol. The zero-order chi connectivity index (χ0) is 27.9. The number of nitrogens with one attached hydrogen (secondary N) is 4. The van der Waals surface area contributed by atoms with Crippen LogP contribution in [-0.4, -0.2) is 23.8 Å². The number of hydrogen-bond donors (Lipinski definition) is 5. The maximum Gasteiger partial charge on any atom is 0.247 e. The Kier molecular flexibility index (Phi) is 7.97. The SMILES string of the molecule is COc1cc(C(Nc2ccc(C(=N)N)cc2)C(=O)NCc2ccccc2)ccc1OCc1ccc2[nH]ccc2c1. The third-order valence-corrected chi connectivity index (χ3v) is 6.61. The van der Waals surface area contributed by atoms with Crippen LogP contribution in [0, 0.1) is 5.41 Å². The fourth-order valence-electron chi connectivity index (χ4n) is 4.44. The van der Waals surface area contributed by atoms with Gasteiger partial charge in [0.2, 0.25) is 5.91 Å². The van der Waals surface area contributed by atoms with Crippen LogP contribution in [-0.2, 0) is 17.9 Å². The Morgan fingerprint density at radius 3 is 2.48 bits per heavy atom. The summed E-state index contributed by atoms with van der Waals surface area (Å²) in [6.45, 7) is 0.767. The van der Waals surface area contributed by atoms with Crippen molar-refractivity contribution in [1.82, 2.24) is 10.3 Å². The van der Waals surface area contributed by atoms with E-state index in [9.17, 15) is 4.79 Å². The number of aromatic amines is 1. The molecular weight excluding hydrogens is 502 g/mol. The molecule has 0 radical (unpaired) electrons. The number of nitrogen functional groups attached to an aromatic ring is 1. The number of carbonyl (C=O) groups excluding carboxylic acids is 1. The topological polar surface area (TPSA) is 125 Å². The van der Waals surface area contributed by atoms with Crippen LogP contribution in [0.4, 0.5) is 5.69 Å². The first-order chi connectivity index (χ1) is 19.5. The molecule has 0 saturated carbocycles. The second kappa shape index (κ2) is 12.1. The minimum atomic E-state index is -0.717. The molecule has 4 aromatic carbocycles. The molecule has 1 amide bonds. The Morgan fingerprint density at radius 1 is 0.925 bits per heavy atom. The third kappa shape index (κ3) is 6.24. The smallest absolute Gasteiger partial charge is 0.247 e. The Labute approximate surface area is 232 Å². The summed E-state index contributed by atoms with van der Waals surface area (Å²) in [4.78, 5) is 16.7. The first kappa shape index (κ1) is 26.4. The number of fused-ring (bicyclic) bond motifs is 1. The van der Waals surface area contributed by atoms with E-state index in [4.69, 9.17) is 20.6 Å². The van der Waals surface area contributed by atoms with Gasteiger partial charge in [-0.2, -0.15) is 0 Å². The van der Waals surface area contributed by atoms with Gasteiger partial charge in [0, 0.05) is 29.5 Å². The lowest BCUT2D eigenvalue weighted by Gasteiger charge is -2.22. The first-order valence-corrected chi connectivity index (χ1v) is 12.9. The molecule has 1 heterocycles. The Balaban J connectivity index is 1.37. The van der Waals surface area contributed by atoms with Crippen LogP contribution in [0.5, 0.6) is 11.5 Å². The Morgan fingerprint density at radius 2 is 1.73 bits per heavy atom. The summed E-state index contributed by atoms with van der Waals surface area (Å²) in [6, 6.07) is 29.8. The van der Waals surface area contributed by atoms with Crippen LogP contribution in [0.25, 0.3) is 10.9 Å². The van der Waals surface area contributed by atoms with Crippen LogP contribution >= 0.6 is 0 Å². The second-order valence-electron chi connectivity index (χ2n) is 9.37. The van der Waals surface area contributed by atoms with E-state index in [0.717, 1.165) is 22.0 Å². The average molecular weight is 534 g/mol. The number of methoxy groups -OCH3 is 1. The van der Waals surface area contributed by atoms with Crippen LogP contribution < -0.4 is 25.8 Å². The summed E-state index contributed by atoms with van der Waals surface area (Å²) in [7, 11) is 1.58. The van der Waals surface area contributed by atoms with Crippen LogP contribution in [0.15, 0.2) is 103 Å². The van der Waals surface area contributed by atoms with Gasteiger partial charge in [-0.05, 0) is 76.7 Å². The van der Waals surface area contributed by atoms with E-state index < -0.39 is 6.04 Å². The summed E-state index contributed by atoms with van der Waals surface area (Å²) in [5, 5.41) is 15.1. The highest BCUT2D eigenvalue weighted by Crippen LogP contribution is 2.32. The minimum absolute atomic E-state index is 0.0166. The molecule has 0 aliphatic rings. The molecule has 0 spiro atoms. The van der Waals surface area contributed by atoms with Gasteiger partial charge in [-0.25, -0.2) is 0 Å². The summed E-state index contributed by atoms with van der Waals surface area (Å²) >= 11 is 0. The molecule has 8 heteroatoms. The van der Waals surface area contributed by atoms with Gasteiger partial charge in [0.15, 0.2) is 11.5 Å². The maximum atomic E-state index is 13.5. The van der Waals surface area contributed by atoms with Gasteiger partial charge in [-0.15, -0.1) is 0 Å². The van der Waals surface area contributed by atoms with E-state index in [-0.39, 0.29) is 11.7 Å². The number of rotatable bonds is 11. The van der Waals surface area contributed by atoms with Crippen LogP contribution in [0.2, 0.25) is 0 Å². The normalized spacial score (nSPS) is 11.5. The predicted octanol–water partition coefficient (Wildman–Crippen LogP) is 5.51. The van der Waals surface area contributed by atoms with Crippen molar-refractivity contribution >= 4 is 28.3 Å². The monoisotopic (exact) mass is 533 g/mol. The maximum absolute atomic E-state index is 13.5. The molecule has 0 saturated heterocycles. The van der Waals surface area contributed by atoms with Crippen molar-refractivity contribution in [3.63, 3.8) is 0 Å². The molecule has 6 N–H and O–H groups in total. The van der Waals surface area contributed by atoms with Gasteiger partial charge in [0.1, 0.15) is 18.5 Å². The second-order valence-corrected chi connectivity index (χ2v) is 9.37. The quantitative estimate of drug-likeness (QED) is 0.113. The highest BCUT2D eigenvalue weighted by Gasteiger charge is 2.22. The average Bonchev–Trinajstić information content (AvgIpc) is 3.46. The molecule has 0 fully saturated rings. The summed E-state index contributed by atoms with van der Waals surface area (Å²) in [5.74, 6) is 0.886. The number of aromatic nitrogens is 1. The van der Waals surface area contributed by atoms with Crippen molar-refractivity contribution in [3.8, 4) is 11.5 Å². The number of H-pyrrole nitrogens is 1. The Bertz CT molecular complexity index is 1610. The van der Waals surface area contributed by atoms with E-state index in [2.05, 4.69) is 21.7 Å². The molecule has 8 nitrogen and oxygen atoms in total. The lowest BCUT2D eigenvalue weighted by Crippen LogP contribution is -2.33. The van der Waals surface area contributed by atoms with Crippen molar-refractivity contribution in [2.75, 3.05) is 12.4 Å². The lowest BCUT2D eigenvalue weighted by atomic mass is 10.0. The van der Waals surface area contributed by atoms with Crippen molar-refractivity contribution in [1.29, 1.82) is 5.41 Å². The molecule has 1 atom stereocenters. The molecular formula is C32H31N5O3. The largest absolute Gasteiger partial charge is 0.493 e. The van der Waals surface area contributed by atoms with Gasteiger partial charge >= 0.3 is 0 Å². The first-order valence-electron chi connectivity index (χ1n) is 12.9. The molecule has 0 aliphatic heterocycles. The zero-order valence-corrected chi connectivity index (χ0v) is 22.1. The summed E-state index contributed by atoms with van der Waals surface area (Å²) in [5.41, 5.74) is 10.7. The van der Waals surface area contributed by atoms with Gasteiger partial charge < -0.3 is 30.8 Å². The molecule has 0 aliphatic carbocycles. The van der Waals surface area contributed by atoms with E-state index in [0.29, 0.717) is 41.5 Å². The molecule has 40 heavy (non-hydrogen) atoms. The van der Waals surface area contributed by atoms with Crippen molar-refractivity contribution in [2.45, 2.75) is 19.2 Å². The number of hydrogen-bond acceptors (Lipinski definition) is 5. The molecule has 0 bridgehead atoms. The minimum Gasteiger partial charge on any atom is -0.493 e. The fraction of sp³-hybridized carbons (Fsp3) is 0.125. The lowest BCUT2D eigenvalue weighted by molar-refractivity contribution is -0.122. The van der Waals surface area contributed by atoms with Gasteiger partial charge in [-0.3, -0.25) is 10.2 Å². The van der Waals surface area contributed by atoms with Crippen LogP contribution in [0.3, 0.4) is 0 Å². The van der Waals surface area contributed by atoms with E-state index in [1.165, 1.54) is 0 Å². The van der Waals surface area contributed by atoms with Gasteiger partial charge in [0.25, 0.3) is 0 Å². The molecule has 202 valence electrons. The fourth-order valence-corrected chi connectivity index (χ4v) is 4.44. The molecule has 5 aromatic rings. The molecule has 1 aromatic heterocycles. The van der Waals surface area contributed by atoms with Crippen molar-refractivity contribution < 1.29 is 14.3 Å². The third-order valence-electron chi connectivity index (χ3n) is 6.61. The zero-order valence-electron chi connectivity index (χ0n) is 22.1. The van der Waals surface area contributed by atoms with Crippen molar-refractivity contribution in [3.05, 3.63) is 126 Å². The number of nitrogens with two attached hydrogens (primary N) is 1. The van der Waals surface area contributed by atoms with E-state index >= 15 is 0 Å². The van der Waals surface area contributed by atoms with E-state index in [1.807, 2.05) is 72.9 Å². The highest BCUT2D eigenvalue weighted by molar-refractivity contribution is 5.95. The molecule has 5 rings (SSSR count). The van der Waals surface area contributed by atoms with Crippen molar-refractivity contribution in [2.24, 2.45) is 5.73 Å². The van der Waals surface area contributed by atoms with Gasteiger partial charge in [-0.1, -0.05) is 42.5 Å². The number of carbonyl (C=O) groups is 1. The number of benzene rings is 4. The number of amides is 1. The molecule has 1 unspecified atom stereocenters. The van der Waals surface area contributed by atoms with Crippen LogP contribution in [0.1, 0.15) is 28.3 Å². The Hall–Kier alpha value is -5.24. The number of amidine groups is 1. The number of ether oxygens (including phenoxy) is 2. The highest BCUT2D eigenvalue weighted by atomic mass is 16.5.